The number of benzene rings is 1. The minimum absolute atomic E-state index is 0.0197. The van der Waals surface area contributed by atoms with Crippen molar-refractivity contribution in [3.8, 4) is 0 Å². The van der Waals surface area contributed by atoms with Gasteiger partial charge in [0.25, 0.3) is 0 Å². The van der Waals surface area contributed by atoms with E-state index in [1.807, 2.05) is 36.1 Å². The quantitative estimate of drug-likeness (QED) is 0.363. The number of carbonyl (C=O) groups is 3. The maximum Gasteiger partial charge on any atom is 0.338 e. The van der Waals surface area contributed by atoms with Crippen LogP contribution in [0.3, 0.4) is 0 Å². The summed E-state index contributed by atoms with van der Waals surface area (Å²) in [6, 6.07) is 7.09. The van der Waals surface area contributed by atoms with Crippen molar-refractivity contribution in [3.05, 3.63) is 59.3 Å². The maximum atomic E-state index is 13.5. The zero-order valence-corrected chi connectivity index (χ0v) is 24.2. The highest BCUT2D eigenvalue weighted by Gasteiger charge is 2.38. The Labute approximate surface area is 233 Å². The first-order valence-electron chi connectivity index (χ1n) is 14.0. The molecule has 1 unspecified atom stereocenters. The molecular formula is C30H45N5O4. The summed E-state index contributed by atoms with van der Waals surface area (Å²) in [5.74, 6) is -0.443. The summed E-state index contributed by atoms with van der Waals surface area (Å²) in [6.07, 6.45) is 3.34. The van der Waals surface area contributed by atoms with E-state index >= 15 is 0 Å². The number of rotatable bonds is 9. The number of ether oxygens (including phenoxy) is 1. The zero-order valence-electron chi connectivity index (χ0n) is 24.2. The molecule has 2 aliphatic rings. The van der Waals surface area contributed by atoms with E-state index in [-0.39, 0.29) is 30.6 Å². The lowest BCUT2D eigenvalue weighted by Crippen LogP contribution is -2.51. The molecule has 9 nitrogen and oxygen atoms in total. The summed E-state index contributed by atoms with van der Waals surface area (Å²) >= 11 is 0. The third-order valence-corrected chi connectivity index (χ3v) is 7.13. The fourth-order valence-corrected chi connectivity index (χ4v) is 4.96. The zero-order chi connectivity index (χ0) is 28.6. The van der Waals surface area contributed by atoms with Gasteiger partial charge in [-0.2, -0.15) is 0 Å². The Hall–Kier alpha value is -3.33. The monoisotopic (exact) mass is 539 g/mol. The van der Waals surface area contributed by atoms with Gasteiger partial charge >= 0.3 is 18.0 Å². The molecule has 2 aliphatic heterocycles. The molecular weight excluding hydrogens is 494 g/mol. The van der Waals surface area contributed by atoms with Crippen molar-refractivity contribution in [1.82, 2.24) is 25.3 Å². The fourth-order valence-electron chi connectivity index (χ4n) is 4.96. The van der Waals surface area contributed by atoms with Gasteiger partial charge in [-0.1, -0.05) is 58.0 Å². The van der Waals surface area contributed by atoms with Crippen molar-refractivity contribution in [2.45, 2.75) is 58.9 Å². The van der Waals surface area contributed by atoms with Gasteiger partial charge in [-0.25, -0.2) is 14.4 Å². The van der Waals surface area contributed by atoms with Crippen LogP contribution >= 0.6 is 0 Å². The molecule has 4 amide bonds. The van der Waals surface area contributed by atoms with Gasteiger partial charge in [0.15, 0.2) is 0 Å². The standard InChI is InChI=1S/C30H45N5O4/c1-7-15-31-28(37)34-18-10-17-33(19-20-34)21-24-25(27(36)39-9-3)26(32-29(38)35(24)16-8-2)22-11-13-23(14-12-22)30(4,5)6/h8,11-14,26H,2,7,9-10,15-21H2,1,3-6H3,(H,31,37)(H,32,38). The molecule has 1 atom stereocenters. The minimum Gasteiger partial charge on any atom is -0.463 e. The second-order valence-corrected chi connectivity index (χ2v) is 11.1. The number of nitrogens with zero attached hydrogens (tertiary/aromatic N) is 3. The molecule has 1 fully saturated rings. The molecule has 214 valence electrons. The van der Waals surface area contributed by atoms with Crippen molar-refractivity contribution >= 4 is 18.0 Å². The number of hydrogen-bond donors (Lipinski definition) is 2. The smallest absolute Gasteiger partial charge is 0.338 e. The minimum atomic E-state index is -0.634. The number of esters is 1. The van der Waals surface area contributed by atoms with Crippen LogP contribution in [0, 0.1) is 0 Å². The van der Waals surface area contributed by atoms with Crippen molar-refractivity contribution in [3.63, 3.8) is 0 Å². The maximum absolute atomic E-state index is 13.5. The number of nitrogens with one attached hydrogen (secondary N) is 2. The largest absolute Gasteiger partial charge is 0.463 e. The summed E-state index contributed by atoms with van der Waals surface area (Å²) in [7, 11) is 0. The van der Waals surface area contributed by atoms with E-state index in [9.17, 15) is 14.4 Å². The summed E-state index contributed by atoms with van der Waals surface area (Å²) in [6.45, 7) is 18.2. The Morgan fingerprint density at radius 3 is 2.46 bits per heavy atom. The highest BCUT2D eigenvalue weighted by molar-refractivity contribution is 5.95. The summed E-state index contributed by atoms with van der Waals surface area (Å²) in [4.78, 5) is 45.0. The second kappa shape index (κ2) is 13.6. The number of urea groups is 2. The molecule has 39 heavy (non-hydrogen) atoms. The molecule has 1 saturated heterocycles. The van der Waals surface area contributed by atoms with Gasteiger partial charge in [-0.05, 0) is 36.3 Å². The molecule has 0 aliphatic carbocycles. The lowest BCUT2D eigenvalue weighted by Gasteiger charge is -2.38. The molecule has 0 aromatic heterocycles. The van der Waals surface area contributed by atoms with Crippen LogP contribution in [0.25, 0.3) is 0 Å². The van der Waals surface area contributed by atoms with Crippen molar-refractivity contribution in [1.29, 1.82) is 0 Å². The fraction of sp³-hybridized carbons (Fsp3) is 0.567. The van der Waals surface area contributed by atoms with Crippen LogP contribution in [-0.2, 0) is 14.9 Å². The van der Waals surface area contributed by atoms with Crippen LogP contribution < -0.4 is 10.6 Å². The number of amides is 4. The van der Waals surface area contributed by atoms with E-state index in [1.165, 1.54) is 5.56 Å². The first kappa shape index (κ1) is 30.2. The molecule has 1 aromatic carbocycles. The Morgan fingerprint density at radius 2 is 1.85 bits per heavy atom. The Morgan fingerprint density at radius 1 is 1.13 bits per heavy atom. The normalized spacial score (nSPS) is 18.9. The lowest BCUT2D eigenvalue weighted by molar-refractivity contribution is -0.139. The molecule has 0 bridgehead atoms. The summed E-state index contributed by atoms with van der Waals surface area (Å²) in [5, 5.41) is 5.99. The van der Waals surface area contributed by atoms with Gasteiger partial charge in [0.05, 0.1) is 18.2 Å². The third kappa shape index (κ3) is 7.62. The molecule has 2 N–H and O–H groups in total. The SMILES string of the molecule is C=CCN1C(=O)NC(c2ccc(C(C)(C)C)cc2)C(C(=O)OCC)=C1CN1CCCN(C(=O)NCCC)CC1. The van der Waals surface area contributed by atoms with Crippen LogP contribution in [-0.4, -0.2) is 85.2 Å². The van der Waals surface area contributed by atoms with E-state index in [1.54, 1.807) is 17.9 Å². The van der Waals surface area contributed by atoms with E-state index < -0.39 is 12.0 Å². The van der Waals surface area contributed by atoms with Crippen LogP contribution in [0.2, 0.25) is 0 Å². The molecule has 0 radical (unpaired) electrons. The van der Waals surface area contributed by atoms with Gasteiger partial charge in [0.2, 0.25) is 0 Å². The van der Waals surface area contributed by atoms with Crippen molar-refractivity contribution in [2.75, 3.05) is 52.4 Å². The van der Waals surface area contributed by atoms with Crippen LogP contribution in [0.15, 0.2) is 48.2 Å². The Bertz CT molecular complexity index is 1060. The average Bonchev–Trinajstić information content (AvgIpc) is 3.14. The molecule has 9 heteroatoms. The van der Waals surface area contributed by atoms with Crippen molar-refractivity contribution < 1.29 is 19.1 Å². The third-order valence-electron chi connectivity index (χ3n) is 7.13. The second-order valence-electron chi connectivity index (χ2n) is 11.1. The molecule has 2 heterocycles. The van der Waals surface area contributed by atoms with E-state index in [4.69, 9.17) is 4.74 Å². The topological polar surface area (TPSA) is 94.2 Å². The molecule has 0 spiro atoms. The first-order chi connectivity index (χ1) is 18.6. The Kier molecular flexibility index (Phi) is 10.6. The van der Waals surface area contributed by atoms with Crippen molar-refractivity contribution in [2.24, 2.45) is 0 Å². The van der Waals surface area contributed by atoms with Gasteiger partial charge in [-0.3, -0.25) is 9.80 Å². The van der Waals surface area contributed by atoms with E-state index in [0.29, 0.717) is 44.0 Å². The average molecular weight is 540 g/mol. The van der Waals surface area contributed by atoms with Gasteiger partial charge in [-0.15, -0.1) is 6.58 Å². The van der Waals surface area contributed by atoms with Crippen LogP contribution in [0.1, 0.15) is 64.6 Å². The summed E-state index contributed by atoms with van der Waals surface area (Å²) < 4.78 is 5.52. The van der Waals surface area contributed by atoms with Gasteiger partial charge in [0, 0.05) is 51.5 Å². The molecule has 0 saturated carbocycles. The van der Waals surface area contributed by atoms with Gasteiger partial charge in [0.1, 0.15) is 0 Å². The highest BCUT2D eigenvalue weighted by Crippen LogP contribution is 2.33. The highest BCUT2D eigenvalue weighted by atomic mass is 16.5. The Balaban J connectivity index is 1.97. The first-order valence-corrected chi connectivity index (χ1v) is 14.0. The summed E-state index contributed by atoms with van der Waals surface area (Å²) in [5.41, 5.74) is 3.02. The number of carbonyl (C=O) groups excluding carboxylic acids is 3. The van der Waals surface area contributed by atoms with Crippen LogP contribution in [0.5, 0.6) is 0 Å². The molecule has 1 aromatic rings. The van der Waals surface area contributed by atoms with E-state index in [2.05, 4.69) is 42.9 Å². The lowest BCUT2D eigenvalue weighted by atomic mass is 9.85. The van der Waals surface area contributed by atoms with Crippen LogP contribution in [0.4, 0.5) is 9.59 Å². The van der Waals surface area contributed by atoms with Gasteiger partial charge < -0.3 is 20.3 Å². The molecule has 3 rings (SSSR count). The predicted molar refractivity (Wildman–Crippen MR) is 153 cm³/mol. The number of hydrogen-bond acceptors (Lipinski definition) is 5. The van der Waals surface area contributed by atoms with E-state index in [0.717, 1.165) is 24.9 Å². The predicted octanol–water partition coefficient (Wildman–Crippen LogP) is 4.18.